The Balaban J connectivity index is 1.65. The average Bonchev–Trinajstić information content (AvgIpc) is 3.24. The Hall–Kier alpha value is -3.16. The zero-order valence-electron chi connectivity index (χ0n) is 16.2. The number of benzene rings is 1. The molecule has 0 unspecified atom stereocenters. The summed E-state index contributed by atoms with van der Waals surface area (Å²) in [5.74, 6) is 1.48. The molecule has 0 spiro atoms. The van der Waals surface area contributed by atoms with Crippen molar-refractivity contribution in [2.75, 3.05) is 19.0 Å². The van der Waals surface area contributed by atoms with Gasteiger partial charge in [-0.1, -0.05) is 0 Å². The fourth-order valence-corrected chi connectivity index (χ4v) is 3.17. The number of ether oxygens (including phenoxy) is 2. The lowest BCUT2D eigenvalue weighted by Crippen LogP contribution is -2.17. The smallest absolute Gasteiger partial charge is 0.222 e. The number of hydrogen-bond donors (Lipinski definition) is 1. The summed E-state index contributed by atoms with van der Waals surface area (Å²) in [6, 6.07) is 6.05. The molecule has 0 fully saturated rings. The Morgan fingerprint density at radius 2 is 2.14 bits per heavy atom. The van der Waals surface area contributed by atoms with Crippen LogP contribution in [0, 0.1) is 5.82 Å². The maximum absolute atomic E-state index is 13.7. The quantitative estimate of drug-likeness (QED) is 0.729. The van der Waals surface area contributed by atoms with E-state index < -0.39 is 0 Å². The van der Waals surface area contributed by atoms with Gasteiger partial charge in [0.2, 0.25) is 5.90 Å². The molecule has 28 heavy (non-hydrogen) atoms. The second-order valence-corrected chi connectivity index (χ2v) is 7.41. The number of fused-ring (bicyclic) bond motifs is 1. The van der Waals surface area contributed by atoms with Crippen LogP contribution >= 0.6 is 0 Å². The summed E-state index contributed by atoms with van der Waals surface area (Å²) in [5, 5.41) is 7.62. The molecule has 3 heterocycles. The summed E-state index contributed by atoms with van der Waals surface area (Å²) < 4.78 is 26.5. The SMILES string of the molecule is COc1ccc(F)cc1[C@@H](C)Nc1ccn2ncc(C3=NC(C)(C)CO3)c2n1. The highest BCUT2D eigenvalue weighted by atomic mass is 19.1. The van der Waals surface area contributed by atoms with Crippen LogP contribution in [-0.4, -0.2) is 39.8 Å². The van der Waals surface area contributed by atoms with Crippen LogP contribution in [0.25, 0.3) is 5.65 Å². The molecule has 0 bridgehead atoms. The van der Waals surface area contributed by atoms with E-state index in [1.54, 1.807) is 23.9 Å². The lowest BCUT2D eigenvalue weighted by molar-refractivity contribution is 0.279. The summed E-state index contributed by atoms with van der Waals surface area (Å²) in [5.41, 5.74) is 1.83. The number of aliphatic imine (C=N–C) groups is 1. The molecular weight excluding hydrogens is 361 g/mol. The molecule has 1 atom stereocenters. The zero-order valence-corrected chi connectivity index (χ0v) is 16.2. The van der Waals surface area contributed by atoms with E-state index in [0.717, 1.165) is 5.56 Å². The number of rotatable bonds is 5. The standard InChI is InChI=1S/C20H22FN5O2/c1-12(14-9-13(21)5-6-16(14)27-4)23-17-7-8-26-18(24-17)15(10-22-26)19-25-20(2,3)11-28-19/h5-10,12H,11H2,1-4H3,(H,23,24)/t12-/m1/s1. The van der Waals surface area contributed by atoms with Crippen molar-refractivity contribution >= 4 is 17.4 Å². The van der Waals surface area contributed by atoms with E-state index in [9.17, 15) is 4.39 Å². The lowest BCUT2D eigenvalue weighted by atomic mass is 10.1. The van der Waals surface area contributed by atoms with Gasteiger partial charge in [0.25, 0.3) is 0 Å². The minimum Gasteiger partial charge on any atom is -0.496 e. The van der Waals surface area contributed by atoms with Crippen LogP contribution in [0.4, 0.5) is 10.2 Å². The van der Waals surface area contributed by atoms with Gasteiger partial charge >= 0.3 is 0 Å². The minimum atomic E-state index is -0.315. The molecule has 0 radical (unpaired) electrons. The van der Waals surface area contributed by atoms with Gasteiger partial charge in [0.05, 0.1) is 24.9 Å². The molecule has 4 rings (SSSR count). The molecule has 1 aromatic carbocycles. The molecule has 0 saturated carbocycles. The van der Waals surface area contributed by atoms with E-state index in [-0.39, 0.29) is 17.4 Å². The van der Waals surface area contributed by atoms with E-state index in [4.69, 9.17) is 9.47 Å². The Morgan fingerprint density at radius 3 is 2.86 bits per heavy atom. The van der Waals surface area contributed by atoms with Crippen molar-refractivity contribution < 1.29 is 13.9 Å². The molecule has 0 aliphatic carbocycles. The van der Waals surface area contributed by atoms with Gasteiger partial charge in [-0.15, -0.1) is 0 Å². The molecule has 8 heteroatoms. The number of nitrogens with one attached hydrogen (secondary N) is 1. The van der Waals surface area contributed by atoms with Crippen molar-refractivity contribution in [3.8, 4) is 5.75 Å². The Morgan fingerprint density at radius 1 is 1.32 bits per heavy atom. The van der Waals surface area contributed by atoms with Gasteiger partial charge in [-0.2, -0.15) is 5.10 Å². The third kappa shape index (κ3) is 3.37. The van der Waals surface area contributed by atoms with E-state index in [1.807, 2.05) is 33.0 Å². The van der Waals surface area contributed by atoms with Crippen molar-refractivity contribution in [3.63, 3.8) is 0 Å². The second kappa shape index (κ2) is 6.78. The fraction of sp³-hybridized carbons (Fsp3) is 0.350. The molecule has 1 N–H and O–H groups in total. The Labute approximate surface area is 162 Å². The first-order valence-corrected chi connectivity index (χ1v) is 9.04. The molecule has 0 saturated heterocycles. The molecule has 2 aromatic heterocycles. The molecule has 1 aliphatic heterocycles. The van der Waals surface area contributed by atoms with Gasteiger partial charge in [0.1, 0.15) is 29.6 Å². The molecule has 7 nitrogen and oxygen atoms in total. The van der Waals surface area contributed by atoms with Gasteiger partial charge in [-0.25, -0.2) is 18.9 Å². The lowest BCUT2D eigenvalue weighted by Gasteiger charge is -2.18. The van der Waals surface area contributed by atoms with Crippen LogP contribution in [0.2, 0.25) is 0 Å². The van der Waals surface area contributed by atoms with Gasteiger partial charge in [-0.3, -0.25) is 0 Å². The summed E-state index contributed by atoms with van der Waals surface area (Å²) in [4.78, 5) is 9.27. The highest BCUT2D eigenvalue weighted by Gasteiger charge is 2.29. The van der Waals surface area contributed by atoms with Crippen LogP contribution in [0.15, 0.2) is 41.7 Å². The third-order valence-corrected chi connectivity index (χ3v) is 4.59. The van der Waals surface area contributed by atoms with E-state index >= 15 is 0 Å². The van der Waals surface area contributed by atoms with Gasteiger partial charge in [0, 0.05) is 11.8 Å². The van der Waals surface area contributed by atoms with Crippen molar-refractivity contribution in [2.45, 2.75) is 32.4 Å². The number of nitrogens with zero attached hydrogens (tertiary/aromatic N) is 4. The first-order chi connectivity index (χ1) is 13.4. The summed E-state index contributed by atoms with van der Waals surface area (Å²) in [6.07, 6.45) is 3.51. The maximum Gasteiger partial charge on any atom is 0.222 e. The fourth-order valence-electron chi connectivity index (χ4n) is 3.17. The summed E-state index contributed by atoms with van der Waals surface area (Å²) in [6.45, 7) is 6.47. The highest BCUT2D eigenvalue weighted by molar-refractivity contribution is 6.00. The van der Waals surface area contributed by atoms with Crippen molar-refractivity contribution in [1.82, 2.24) is 14.6 Å². The number of hydrogen-bond acceptors (Lipinski definition) is 6. The number of anilines is 1. The molecule has 0 amide bonds. The van der Waals surface area contributed by atoms with Crippen LogP contribution in [0.1, 0.15) is 37.9 Å². The van der Waals surface area contributed by atoms with Crippen molar-refractivity contribution in [2.24, 2.45) is 4.99 Å². The Kier molecular flexibility index (Phi) is 4.41. The maximum atomic E-state index is 13.7. The molecule has 1 aliphatic rings. The summed E-state index contributed by atoms with van der Waals surface area (Å²) >= 11 is 0. The van der Waals surface area contributed by atoms with E-state index in [2.05, 4.69) is 20.4 Å². The molecule has 3 aromatic rings. The van der Waals surface area contributed by atoms with Crippen LogP contribution < -0.4 is 10.1 Å². The number of methoxy groups -OCH3 is 1. The normalized spacial score (nSPS) is 16.5. The van der Waals surface area contributed by atoms with E-state index in [0.29, 0.717) is 35.3 Å². The van der Waals surface area contributed by atoms with Crippen molar-refractivity contribution in [3.05, 3.63) is 53.6 Å². The van der Waals surface area contributed by atoms with E-state index in [1.165, 1.54) is 12.1 Å². The van der Waals surface area contributed by atoms with Crippen LogP contribution in [-0.2, 0) is 4.74 Å². The highest BCUT2D eigenvalue weighted by Crippen LogP contribution is 2.29. The topological polar surface area (TPSA) is 73.0 Å². The van der Waals surface area contributed by atoms with Crippen LogP contribution in [0.5, 0.6) is 5.75 Å². The molecule has 146 valence electrons. The monoisotopic (exact) mass is 383 g/mol. The third-order valence-electron chi connectivity index (χ3n) is 4.59. The average molecular weight is 383 g/mol. The second-order valence-electron chi connectivity index (χ2n) is 7.41. The number of aromatic nitrogens is 3. The predicted molar refractivity (Wildman–Crippen MR) is 105 cm³/mol. The first kappa shape index (κ1) is 18.2. The first-order valence-electron chi connectivity index (χ1n) is 9.04. The zero-order chi connectivity index (χ0) is 19.9. The van der Waals surface area contributed by atoms with Gasteiger partial charge < -0.3 is 14.8 Å². The largest absolute Gasteiger partial charge is 0.496 e. The number of halogens is 1. The Bertz CT molecular complexity index is 1060. The van der Waals surface area contributed by atoms with Crippen molar-refractivity contribution in [1.29, 1.82) is 0 Å². The van der Waals surface area contributed by atoms with Gasteiger partial charge in [0.15, 0.2) is 5.65 Å². The van der Waals surface area contributed by atoms with Gasteiger partial charge in [-0.05, 0) is 45.0 Å². The summed E-state index contributed by atoms with van der Waals surface area (Å²) in [7, 11) is 1.57. The predicted octanol–water partition coefficient (Wildman–Crippen LogP) is 3.61. The van der Waals surface area contributed by atoms with Crippen LogP contribution in [0.3, 0.4) is 0 Å². The minimum absolute atomic E-state index is 0.217. The molecular formula is C20H22FN5O2.